The third-order valence-corrected chi connectivity index (χ3v) is 10.0. The number of nitrogens with two attached hydrogens (primary N) is 1. The third-order valence-electron chi connectivity index (χ3n) is 9.11. The van der Waals surface area contributed by atoms with Crippen molar-refractivity contribution in [3.8, 4) is 23.2 Å². The van der Waals surface area contributed by atoms with E-state index in [1.165, 1.54) is 0 Å². The van der Waals surface area contributed by atoms with E-state index in [1.807, 2.05) is 4.90 Å². The van der Waals surface area contributed by atoms with Crippen LogP contribution in [0.2, 0.25) is 0 Å². The molecule has 2 aromatic heterocycles. The zero-order chi connectivity index (χ0) is 31.7. The lowest BCUT2D eigenvalue weighted by Crippen LogP contribution is -2.43. The number of halogens is 6. The Kier molecular flexibility index (Phi) is 7.20. The van der Waals surface area contributed by atoms with Gasteiger partial charge in [0.2, 0.25) is 0 Å². The molecule has 45 heavy (non-hydrogen) atoms. The van der Waals surface area contributed by atoms with Crippen LogP contribution in [0.3, 0.4) is 0 Å². The molecule has 3 aliphatic rings. The van der Waals surface area contributed by atoms with Gasteiger partial charge >= 0.3 is 12.2 Å². The first kappa shape index (κ1) is 29.8. The van der Waals surface area contributed by atoms with Crippen molar-refractivity contribution in [2.45, 2.75) is 50.0 Å². The van der Waals surface area contributed by atoms with E-state index in [4.69, 9.17) is 10.5 Å². The van der Waals surface area contributed by atoms with Crippen LogP contribution in [-0.2, 0) is 6.18 Å². The van der Waals surface area contributed by atoms with E-state index in [2.05, 4.69) is 21.0 Å². The maximum Gasteiger partial charge on any atom is 0.417 e. The van der Waals surface area contributed by atoms with Gasteiger partial charge in [0.15, 0.2) is 10.9 Å². The van der Waals surface area contributed by atoms with Crippen molar-refractivity contribution in [3.63, 3.8) is 0 Å². The molecule has 3 saturated heterocycles. The molecule has 5 heterocycles. The molecule has 15 heteroatoms. The van der Waals surface area contributed by atoms with Crippen molar-refractivity contribution in [2.24, 2.45) is 5.92 Å². The van der Waals surface area contributed by atoms with Crippen LogP contribution in [0, 0.1) is 28.9 Å². The Morgan fingerprint density at radius 3 is 2.71 bits per heavy atom. The number of fused-ring (bicyclic) bond motifs is 3. The van der Waals surface area contributed by atoms with E-state index in [0.29, 0.717) is 32.4 Å². The molecule has 0 amide bonds. The Balaban J connectivity index is 1.43. The van der Waals surface area contributed by atoms with Crippen LogP contribution >= 0.6 is 11.3 Å². The largest absolute Gasteiger partial charge is 0.461 e. The first-order valence-corrected chi connectivity index (χ1v) is 15.4. The van der Waals surface area contributed by atoms with Crippen LogP contribution in [0.4, 0.5) is 37.3 Å². The summed E-state index contributed by atoms with van der Waals surface area (Å²) >= 11 is 0.741. The molecule has 0 bridgehead atoms. The normalized spacial score (nSPS) is 24.0. The van der Waals surface area contributed by atoms with Gasteiger partial charge in [-0.1, -0.05) is 11.3 Å². The molecule has 7 rings (SSSR count). The third kappa shape index (κ3) is 5.07. The van der Waals surface area contributed by atoms with E-state index in [9.17, 15) is 27.2 Å². The van der Waals surface area contributed by atoms with Gasteiger partial charge in [-0.05, 0) is 50.4 Å². The molecular weight excluding hydrogens is 620 g/mol. The maximum absolute atomic E-state index is 16.7. The molecule has 3 aliphatic heterocycles. The zero-order valence-corrected chi connectivity index (χ0v) is 24.6. The number of nitriles is 1. The summed E-state index contributed by atoms with van der Waals surface area (Å²) in [6, 6.07) is 4.70. The number of rotatable bonds is 5. The van der Waals surface area contributed by atoms with Crippen molar-refractivity contribution in [1.29, 1.82) is 5.26 Å². The number of anilines is 2. The van der Waals surface area contributed by atoms with Crippen LogP contribution in [0.5, 0.6) is 6.01 Å². The highest BCUT2D eigenvalue weighted by Crippen LogP contribution is 2.46. The van der Waals surface area contributed by atoms with Crippen LogP contribution in [0.25, 0.3) is 32.2 Å². The predicted octanol–water partition coefficient (Wildman–Crippen LogP) is 6.48. The minimum absolute atomic E-state index is 0.00336. The Hall–Kier alpha value is -3.90. The Morgan fingerprint density at radius 1 is 1.11 bits per heavy atom. The predicted molar refractivity (Wildman–Crippen MR) is 157 cm³/mol. The molecule has 0 radical (unpaired) electrons. The van der Waals surface area contributed by atoms with E-state index < -0.39 is 52.1 Å². The number of aromatic nitrogens is 3. The van der Waals surface area contributed by atoms with Crippen molar-refractivity contribution >= 4 is 43.4 Å². The fourth-order valence-corrected chi connectivity index (χ4v) is 7.86. The average Bonchev–Trinajstić information content (AvgIpc) is 3.67. The molecule has 2 aromatic carbocycles. The first-order valence-electron chi connectivity index (χ1n) is 14.6. The summed E-state index contributed by atoms with van der Waals surface area (Å²) in [6.07, 6.45) is -3.08. The number of ether oxygens (including phenoxy) is 1. The molecule has 3 atom stereocenters. The Morgan fingerprint density at radius 2 is 1.93 bits per heavy atom. The molecule has 0 aliphatic carbocycles. The fourth-order valence-electron chi connectivity index (χ4n) is 7.10. The second-order valence-electron chi connectivity index (χ2n) is 11.9. The number of thiazole rings is 1. The first-order chi connectivity index (χ1) is 21.5. The zero-order valence-electron chi connectivity index (χ0n) is 23.8. The molecule has 3 fully saturated rings. The molecule has 8 nitrogen and oxygen atoms in total. The van der Waals surface area contributed by atoms with Gasteiger partial charge in [-0.3, -0.25) is 4.90 Å². The number of hydrogen-bond donors (Lipinski definition) is 1. The number of piperidine rings is 1. The average molecular weight is 648 g/mol. The number of benzene rings is 2. The fraction of sp³-hybridized carbons (Fsp3) is 0.467. The second-order valence-corrected chi connectivity index (χ2v) is 13.0. The molecule has 236 valence electrons. The monoisotopic (exact) mass is 647 g/mol. The summed E-state index contributed by atoms with van der Waals surface area (Å²) in [5.41, 5.74) is 2.07. The highest BCUT2D eigenvalue weighted by atomic mass is 32.1. The summed E-state index contributed by atoms with van der Waals surface area (Å²) in [6.45, 7) is 1.55. The molecule has 0 saturated carbocycles. The molecule has 0 spiro atoms. The highest BCUT2D eigenvalue weighted by molar-refractivity contribution is 7.22. The summed E-state index contributed by atoms with van der Waals surface area (Å²) in [4.78, 5) is 16.4. The van der Waals surface area contributed by atoms with Crippen molar-refractivity contribution < 1.29 is 31.1 Å². The minimum Gasteiger partial charge on any atom is -0.461 e. The number of hydrogen-bond acceptors (Lipinski definition) is 9. The van der Waals surface area contributed by atoms with Gasteiger partial charge in [-0.2, -0.15) is 28.4 Å². The lowest BCUT2D eigenvalue weighted by atomic mass is 9.94. The van der Waals surface area contributed by atoms with Gasteiger partial charge in [-0.25, -0.2) is 18.2 Å². The lowest BCUT2D eigenvalue weighted by molar-refractivity contribution is -0.137. The maximum atomic E-state index is 16.7. The van der Waals surface area contributed by atoms with E-state index in [-0.39, 0.29) is 64.2 Å². The van der Waals surface area contributed by atoms with Crippen molar-refractivity contribution in [1.82, 2.24) is 19.9 Å². The highest BCUT2D eigenvalue weighted by Gasteiger charge is 2.49. The molecular formula is C30H27F6N7OS. The summed E-state index contributed by atoms with van der Waals surface area (Å²) in [5.74, 6) is -2.47. The topological polar surface area (TPSA) is 104 Å². The van der Waals surface area contributed by atoms with Gasteiger partial charge in [0, 0.05) is 42.6 Å². The van der Waals surface area contributed by atoms with Gasteiger partial charge < -0.3 is 15.4 Å². The van der Waals surface area contributed by atoms with Gasteiger partial charge in [-0.15, -0.1) is 0 Å². The standard InChI is InChI=1S/C30H27F6N7OS/c31-16-10-29(6-2-8-43(29)13-16)14-44-28-40-23-18(26(41-28)42-7-1-3-15(11-37)12-42)9-19(30(34,35)36)21(22(23)33)17-4-5-20(32)25-24(17)39-27(38)45-25/h4-5,9,15-16H,1-3,6-8,10,12-14H2,(H2,38,39)/t15-,16-,29+/m1/s1. The number of alkyl halides is 4. The van der Waals surface area contributed by atoms with Crippen LogP contribution in [0.15, 0.2) is 18.2 Å². The molecule has 4 aromatic rings. The number of nitrogens with zero attached hydrogens (tertiary/aromatic N) is 6. The number of nitrogen functional groups attached to an aromatic ring is 1. The summed E-state index contributed by atoms with van der Waals surface area (Å²) < 4.78 is 95.8. The van der Waals surface area contributed by atoms with Crippen molar-refractivity contribution in [2.75, 3.05) is 43.4 Å². The van der Waals surface area contributed by atoms with Gasteiger partial charge in [0.1, 0.15) is 29.9 Å². The van der Waals surface area contributed by atoms with Crippen LogP contribution in [0.1, 0.15) is 37.7 Å². The second kappa shape index (κ2) is 10.9. The minimum atomic E-state index is -5.04. The van der Waals surface area contributed by atoms with Gasteiger partial charge in [0.25, 0.3) is 0 Å². The molecule has 2 N–H and O–H groups in total. The smallest absolute Gasteiger partial charge is 0.417 e. The Labute approximate surface area is 257 Å². The Bertz CT molecular complexity index is 1860. The summed E-state index contributed by atoms with van der Waals surface area (Å²) in [7, 11) is 0. The molecule has 0 unspecified atom stereocenters. The van der Waals surface area contributed by atoms with Gasteiger partial charge in [0.05, 0.1) is 33.3 Å². The van der Waals surface area contributed by atoms with Crippen molar-refractivity contribution in [3.05, 3.63) is 35.4 Å². The van der Waals surface area contributed by atoms with Crippen LogP contribution in [-0.4, -0.2) is 64.3 Å². The van der Waals surface area contributed by atoms with E-state index >= 15 is 4.39 Å². The summed E-state index contributed by atoms with van der Waals surface area (Å²) in [5, 5.41) is 9.28. The lowest BCUT2D eigenvalue weighted by Gasteiger charge is -2.33. The van der Waals surface area contributed by atoms with E-state index in [0.717, 1.165) is 36.0 Å². The van der Waals surface area contributed by atoms with E-state index in [1.54, 1.807) is 4.90 Å². The van der Waals surface area contributed by atoms with Crippen LogP contribution < -0.4 is 15.4 Å². The SMILES string of the molecule is N#C[C@H]1CCCN(c2nc(OC[C@@]34CCCN3C[C@H](F)C4)nc3c(F)c(-c4ccc(F)c5sc(N)nc45)c(C(F)(F)F)cc23)C1. The quantitative estimate of drug-likeness (QED) is 0.246.